The lowest BCUT2D eigenvalue weighted by Crippen LogP contribution is -2.41. The van der Waals surface area contributed by atoms with Crippen molar-refractivity contribution in [2.45, 2.75) is 39.2 Å². The Kier molecular flexibility index (Phi) is 6.65. The molecule has 7 heteroatoms. The summed E-state index contributed by atoms with van der Waals surface area (Å²) in [6, 6.07) is 16.3. The van der Waals surface area contributed by atoms with E-state index in [2.05, 4.69) is 52.5 Å². The number of hydrogen-bond donors (Lipinski definition) is 1. The number of ether oxygens (including phenoxy) is 1. The first kappa shape index (κ1) is 22.6. The number of rotatable bonds is 7. The zero-order chi connectivity index (χ0) is 23.5. The number of amides is 2. The minimum Gasteiger partial charge on any atom is -0.376 e. The van der Waals surface area contributed by atoms with Crippen LogP contribution in [0.2, 0.25) is 0 Å². The van der Waals surface area contributed by atoms with Gasteiger partial charge in [-0.1, -0.05) is 42.0 Å². The van der Waals surface area contributed by atoms with Crippen molar-refractivity contribution in [1.29, 1.82) is 0 Å². The van der Waals surface area contributed by atoms with Crippen LogP contribution in [0.4, 0.5) is 10.5 Å². The molecule has 1 aliphatic rings. The number of urea groups is 1. The van der Waals surface area contributed by atoms with Crippen LogP contribution < -0.4 is 5.32 Å². The number of imidazole rings is 1. The second-order valence-electron chi connectivity index (χ2n) is 9.00. The van der Waals surface area contributed by atoms with E-state index in [-0.39, 0.29) is 12.1 Å². The van der Waals surface area contributed by atoms with Gasteiger partial charge in [-0.25, -0.2) is 9.78 Å². The molecule has 6 nitrogen and oxygen atoms in total. The number of fused-ring (bicyclic) bond motifs is 1. The van der Waals surface area contributed by atoms with Crippen molar-refractivity contribution in [3.8, 4) is 11.3 Å². The van der Waals surface area contributed by atoms with Crippen LogP contribution >= 0.6 is 11.3 Å². The second kappa shape index (κ2) is 9.99. The number of aromatic nitrogens is 2. The Morgan fingerprint density at radius 3 is 2.82 bits per heavy atom. The summed E-state index contributed by atoms with van der Waals surface area (Å²) < 4.78 is 7.99. The van der Waals surface area contributed by atoms with Crippen molar-refractivity contribution in [1.82, 2.24) is 14.3 Å². The van der Waals surface area contributed by atoms with Gasteiger partial charge in [-0.3, -0.25) is 4.40 Å². The van der Waals surface area contributed by atoms with E-state index in [1.165, 1.54) is 5.56 Å². The average molecular weight is 475 g/mol. The van der Waals surface area contributed by atoms with Gasteiger partial charge in [0.1, 0.15) is 0 Å². The number of hydrogen-bond acceptors (Lipinski definition) is 4. The second-order valence-corrected chi connectivity index (χ2v) is 9.84. The number of thiazole rings is 1. The van der Waals surface area contributed by atoms with Crippen molar-refractivity contribution < 1.29 is 9.53 Å². The maximum Gasteiger partial charge on any atom is 0.321 e. The normalized spacial score (nSPS) is 15.6. The number of carbonyl (C=O) groups excluding carboxylic acids is 1. The molecule has 1 aliphatic heterocycles. The summed E-state index contributed by atoms with van der Waals surface area (Å²) in [5, 5.41) is 5.21. The zero-order valence-corrected chi connectivity index (χ0v) is 20.5. The van der Waals surface area contributed by atoms with E-state index in [4.69, 9.17) is 9.72 Å². The lowest BCUT2D eigenvalue weighted by molar-refractivity contribution is 0.0838. The van der Waals surface area contributed by atoms with Gasteiger partial charge in [0.05, 0.1) is 11.8 Å². The number of carbonyl (C=O) groups is 1. The van der Waals surface area contributed by atoms with Crippen molar-refractivity contribution in [2.24, 2.45) is 0 Å². The third-order valence-electron chi connectivity index (χ3n) is 6.27. The van der Waals surface area contributed by atoms with Crippen LogP contribution in [0, 0.1) is 13.8 Å². The van der Waals surface area contributed by atoms with E-state index in [0.29, 0.717) is 13.1 Å². The van der Waals surface area contributed by atoms with E-state index in [1.54, 1.807) is 11.3 Å². The van der Waals surface area contributed by atoms with Crippen molar-refractivity contribution >= 4 is 28.0 Å². The summed E-state index contributed by atoms with van der Waals surface area (Å²) >= 11 is 1.64. The SMILES string of the molecule is Cc1ccc(-c2cn3c(CCN(CC4CCCO4)C(=O)Nc4cccc(C)c4)csc3n2)cc1. The predicted molar refractivity (Wildman–Crippen MR) is 138 cm³/mol. The van der Waals surface area contributed by atoms with E-state index in [9.17, 15) is 4.79 Å². The van der Waals surface area contributed by atoms with Crippen molar-refractivity contribution in [3.05, 3.63) is 76.9 Å². The first-order valence-electron chi connectivity index (χ1n) is 11.8. The largest absolute Gasteiger partial charge is 0.376 e. The Morgan fingerprint density at radius 1 is 1.21 bits per heavy atom. The van der Waals surface area contributed by atoms with Crippen molar-refractivity contribution in [2.75, 3.05) is 25.0 Å². The number of nitrogens with zero attached hydrogens (tertiary/aromatic N) is 3. The van der Waals surface area contributed by atoms with E-state index >= 15 is 0 Å². The highest BCUT2D eigenvalue weighted by molar-refractivity contribution is 7.15. The fourth-order valence-corrected chi connectivity index (χ4v) is 5.26. The Morgan fingerprint density at radius 2 is 2.06 bits per heavy atom. The molecule has 2 aromatic carbocycles. The molecule has 1 fully saturated rings. The minimum atomic E-state index is -0.0847. The molecular formula is C27H30N4O2S. The molecule has 0 aliphatic carbocycles. The van der Waals surface area contributed by atoms with Crippen LogP contribution in [0.5, 0.6) is 0 Å². The quantitative estimate of drug-likeness (QED) is 0.361. The fourth-order valence-electron chi connectivity index (χ4n) is 4.36. The Balaban J connectivity index is 1.31. The number of anilines is 1. The van der Waals surface area contributed by atoms with Crippen LogP contribution in [0.3, 0.4) is 0 Å². The standard InChI is InChI=1S/C27H30N4O2S/c1-19-8-10-21(11-9-19)25-17-31-23(18-34-27(31)29-25)12-13-30(16-24-7-4-14-33-24)26(32)28-22-6-3-5-20(2)15-22/h3,5-6,8-11,15,17-18,24H,4,7,12-14,16H2,1-2H3,(H,28,32). The summed E-state index contributed by atoms with van der Waals surface area (Å²) in [5.41, 5.74) is 6.42. The Bertz CT molecular complexity index is 1270. The molecule has 2 amide bonds. The number of nitrogens with one attached hydrogen (secondary N) is 1. The Labute approximate surface area is 204 Å². The molecule has 3 heterocycles. The molecule has 0 saturated carbocycles. The smallest absolute Gasteiger partial charge is 0.321 e. The van der Waals surface area contributed by atoms with Crippen LogP contribution in [0.25, 0.3) is 16.2 Å². The summed E-state index contributed by atoms with van der Waals surface area (Å²) in [4.78, 5) is 20.9. The first-order chi connectivity index (χ1) is 16.5. The molecular weight excluding hydrogens is 444 g/mol. The van der Waals surface area contributed by atoms with E-state index < -0.39 is 0 Å². The third kappa shape index (κ3) is 5.16. The van der Waals surface area contributed by atoms with E-state index in [0.717, 1.165) is 59.0 Å². The Hall–Kier alpha value is -3.16. The summed E-state index contributed by atoms with van der Waals surface area (Å²) in [7, 11) is 0. The van der Waals surface area contributed by atoms with Crippen LogP contribution in [-0.2, 0) is 11.2 Å². The van der Waals surface area contributed by atoms with Gasteiger partial charge in [0, 0.05) is 54.6 Å². The van der Waals surface area contributed by atoms with Crippen LogP contribution in [0.15, 0.2) is 60.1 Å². The molecule has 4 aromatic rings. The highest BCUT2D eigenvalue weighted by Crippen LogP contribution is 2.25. The van der Waals surface area contributed by atoms with Crippen LogP contribution in [-0.4, -0.2) is 46.1 Å². The van der Waals surface area contributed by atoms with Gasteiger partial charge >= 0.3 is 6.03 Å². The maximum atomic E-state index is 13.2. The predicted octanol–water partition coefficient (Wildman–Crippen LogP) is 5.94. The van der Waals surface area contributed by atoms with Gasteiger partial charge in [0.25, 0.3) is 0 Å². The molecule has 0 spiro atoms. The molecule has 2 aromatic heterocycles. The molecule has 1 unspecified atom stereocenters. The summed E-state index contributed by atoms with van der Waals surface area (Å²) in [5.74, 6) is 0. The van der Waals surface area contributed by atoms with Crippen LogP contribution in [0.1, 0.15) is 29.7 Å². The molecule has 1 saturated heterocycles. The van der Waals surface area contributed by atoms with Gasteiger partial charge in [-0.2, -0.15) is 0 Å². The number of aryl methyl sites for hydroxylation is 2. The molecule has 1 atom stereocenters. The number of benzene rings is 2. The topological polar surface area (TPSA) is 58.9 Å². The lowest BCUT2D eigenvalue weighted by Gasteiger charge is -2.26. The first-order valence-corrected chi connectivity index (χ1v) is 12.7. The minimum absolute atomic E-state index is 0.0847. The highest BCUT2D eigenvalue weighted by Gasteiger charge is 2.23. The third-order valence-corrected chi connectivity index (χ3v) is 7.16. The maximum absolute atomic E-state index is 13.2. The molecule has 0 radical (unpaired) electrons. The zero-order valence-electron chi connectivity index (χ0n) is 19.7. The van der Waals surface area contributed by atoms with Gasteiger partial charge < -0.3 is 15.0 Å². The molecule has 34 heavy (non-hydrogen) atoms. The van der Waals surface area contributed by atoms with E-state index in [1.807, 2.05) is 36.1 Å². The summed E-state index contributed by atoms with van der Waals surface area (Å²) in [6.07, 6.45) is 5.01. The molecule has 0 bridgehead atoms. The van der Waals surface area contributed by atoms with Crippen molar-refractivity contribution in [3.63, 3.8) is 0 Å². The molecule has 176 valence electrons. The lowest BCUT2D eigenvalue weighted by atomic mass is 10.1. The monoisotopic (exact) mass is 474 g/mol. The average Bonchev–Trinajstić information content (AvgIpc) is 3.55. The fraction of sp³-hybridized carbons (Fsp3) is 0.333. The van der Waals surface area contributed by atoms with Gasteiger partial charge in [0.15, 0.2) is 4.96 Å². The molecule has 1 N–H and O–H groups in total. The van der Waals surface area contributed by atoms with Gasteiger partial charge in [-0.05, 0) is 44.4 Å². The summed E-state index contributed by atoms with van der Waals surface area (Å²) in [6.45, 7) is 6.10. The molecule has 5 rings (SSSR count). The highest BCUT2D eigenvalue weighted by atomic mass is 32.1. The van der Waals surface area contributed by atoms with Gasteiger partial charge in [0.2, 0.25) is 0 Å². The van der Waals surface area contributed by atoms with Gasteiger partial charge in [-0.15, -0.1) is 11.3 Å².